The molecule has 8 heteroatoms. The summed E-state index contributed by atoms with van der Waals surface area (Å²) in [6.45, 7) is 0.155. The number of para-hydroxylation sites is 1. The maximum Gasteiger partial charge on any atom is 0.277 e. The summed E-state index contributed by atoms with van der Waals surface area (Å²) in [5.74, 6) is 1.30. The summed E-state index contributed by atoms with van der Waals surface area (Å²) in [6, 6.07) is 20.1. The molecule has 0 spiro atoms. The van der Waals surface area contributed by atoms with Crippen molar-refractivity contribution in [3.8, 4) is 17.2 Å². The summed E-state index contributed by atoms with van der Waals surface area (Å²) in [5, 5.41) is 4.60. The van der Waals surface area contributed by atoms with Gasteiger partial charge in [0.1, 0.15) is 12.4 Å². The van der Waals surface area contributed by atoms with E-state index in [0.29, 0.717) is 38.9 Å². The van der Waals surface area contributed by atoms with Crippen LogP contribution >= 0.6 is 27.5 Å². The van der Waals surface area contributed by atoms with Crippen LogP contribution in [0, 0.1) is 0 Å². The van der Waals surface area contributed by atoms with Gasteiger partial charge in [0, 0.05) is 10.6 Å². The van der Waals surface area contributed by atoms with Crippen molar-refractivity contribution in [1.82, 2.24) is 5.43 Å². The molecule has 0 fully saturated rings. The number of carbonyl (C=O) groups excluding carboxylic acids is 1. The molecular formula is C23H20BrClN2O4. The minimum absolute atomic E-state index is 0.136. The van der Waals surface area contributed by atoms with Gasteiger partial charge in [-0.3, -0.25) is 4.79 Å². The standard InChI is InChI=1S/C23H20BrClN2O4/c1-29-21-12-16(13-26-27-22(28)15-30-18-8-3-2-4-9-18)11-19(24)23(21)31-14-17-7-5-6-10-20(17)25/h2-13H,14-15H2,1H3,(H,27,28)/b26-13+. The third-order valence-electron chi connectivity index (χ3n) is 4.10. The molecule has 0 unspecified atom stereocenters. The van der Waals surface area contributed by atoms with Gasteiger partial charge in [-0.25, -0.2) is 5.43 Å². The second-order valence-electron chi connectivity index (χ2n) is 6.31. The van der Waals surface area contributed by atoms with E-state index in [0.717, 1.165) is 5.56 Å². The van der Waals surface area contributed by atoms with Gasteiger partial charge in [-0.2, -0.15) is 5.10 Å². The summed E-state index contributed by atoms with van der Waals surface area (Å²) >= 11 is 9.68. The fourth-order valence-electron chi connectivity index (χ4n) is 2.60. The normalized spacial score (nSPS) is 10.7. The van der Waals surface area contributed by atoms with Gasteiger partial charge < -0.3 is 14.2 Å². The van der Waals surface area contributed by atoms with Crippen molar-refractivity contribution in [2.75, 3.05) is 13.7 Å². The van der Waals surface area contributed by atoms with E-state index in [9.17, 15) is 4.79 Å². The van der Waals surface area contributed by atoms with Crippen molar-refractivity contribution in [1.29, 1.82) is 0 Å². The molecule has 0 aliphatic rings. The lowest BCUT2D eigenvalue weighted by molar-refractivity contribution is -0.123. The van der Waals surface area contributed by atoms with Crippen LogP contribution in [-0.4, -0.2) is 25.8 Å². The van der Waals surface area contributed by atoms with E-state index in [2.05, 4.69) is 26.5 Å². The lowest BCUT2D eigenvalue weighted by atomic mass is 10.2. The van der Waals surface area contributed by atoms with E-state index >= 15 is 0 Å². The topological polar surface area (TPSA) is 69.2 Å². The Morgan fingerprint density at radius 1 is 1.10 bits per heavy atom. The number of benzene rings is 3. The van der Waals surface area contributed by atoms with Crippen molar-refractivity contribution < 1.29 is 19.0 Å². The molecule has 0 aromatic heterocycles. The Morgan fingerprint density at radius 3 is 2.58 bits per heavy atom. The molecule has 0 atom stereocenters. The number of ether oxygens (including phenoxy) is 3. The quantitative estimate of drug-likeness (QED) is 0.321. The summed E-state index contributed by atoms with van der Waals surface area (Å²) in [6.07, 6.45) is 1.51. The first-order valence-corrected chi connectivity index (χ1v) is 10.5. The summed E-state index contributed by atoms with van der Waals surface area (Å²) < 4.78 is 17.4. The zero-order valence-electron chi connectivity index (χ0n) is 16.7. The molecule has 3 rings (SSSR count). The third kappa shape index (κ3) is 6.73. The monoisotopic (exact) mass is 502 g/mol. The average molecular weight is 504 g/mol. The van der Waals surface area contributed by atoms with Gasteiger partial charge in [0.25, 0.3) is 5.91 Å². The molecule has 3 aromatic carbocycles. The molecule has 0 saturated carbocycles. The van der Waals surface area contributed by atoms with E-state index in [1.54, 1.807) is 31.4 Å². The number of nitrogens with zero attached hydrogens (tertiary/aromatic N) is 1. The summed E-state index contributed by atoms with van der Waals surface area (Å²) in [7, 11) is 1.55. The fraction of sp³-hybridized carbons (Fsp3) is 0.130. The number of hydrogen-bond acceptors (Lipinski definition) is 5. The largest absolute Gasteiger partial charge is 0.493 e. The zero-order chi connectivity index (χ0) is 22.1. The average Bonchev–Trinajstić information content (AvgIpc) is 2.78. The van der Waals surface area contributed by atoms with Crippen molar-refractivity contribution in [2.45, 2.75) is 6.61 Å². The van der Waals surface area contributed by atoms with Gasteiger partial charge >= 0.3 is 0 Å². The molecule has 31 heavy (non-hydrogen) atoms. The highest BCUT2D eigenvalue weighted by Crippen LogP contribution is 2.37. The van der Waals surface area contributed by atoms with Crippen molar-refractivity contribution in [2.24, 2.45) is 5.10 Å². The van der Waals surface area contributed by atoms with E-state index < -0.39 is 0 Å². The predicted octanol–water partition coefficient (Wildman–Crippen LogP) is 5.22. The Morgan fingerprint density at radius 2 is 1.84 bits per heavy atom. The van der Waals surface area contributed by atoms with Crippen LogP contribution in [-0.2, 0) is 11.4 Å². The van der Waals surface area contributed by atoms with Crippen LogP contribution in [0.25, 0.3) is 0 Å². The summed E-state index contributed by atoms with van der Waals surface area (Å²) in [5.41, 5.74) is 4.00. The van der Waals surface area contributed by atoms with Crippen LogP contribution in [0.2, 0.25) is 5.02 Å². The first-order valence-electron chi connectivity index (χ1n) is 9.30. The van der Waals surface area contributed by atoms with E-state index in [-0.39, 0.29) is 12.5 Å². The molecule has 0 saturated heterocycles. The lowest BCUT2D eigenvalue weighted by Crippen LogP contribution is -2.24. The molecule has 0 aliphatic carbocycles. The smallest absolute Gasteiger partial charge is 0.277 e. The van der Waals surface area contributed by atoms with E-state index in [1.807, 2.05) is 42.5 Å². The minimum atomic E-state index is -0.370. The van der Waals surface area contributed by atoms with Crippen molar-refractivity contribution >= 4 is 39.7 Å². The van der Waals surface area contributed by atoms with Crippen molar-refractivity contribution in [3.05, 3.63) is 87.4 Å². The second-order valence-corrected chi connectivity index (χ2v) is 7.57. The van der Waals surface area contributed by atoms with Gasteiger partial charge in [0.2, 0.25) is 0 Å². The molecule has 0 heterocycles. The molecule has 1 N–H and O–H groups in total. The molecule has 6 nitrogen and oxygen atoms in total. The highest BCUT2D eigenvalue weighted by Gasteiger charge is 2.12. The molecule has 160 valence electrons. The number of hydrazone groups is 1. The Bertz CT molecular complexity index is 1060. The Labute approximate surface area is 193 Å². The van der Waals surface area contributed by atoms with Gasteiger partial charge in [-0.05, 0) is 51.8 Å². The number of halogens is 2. The first kappa shape index (κ1) is 22.7. The van der Waals surface area contributed by atoms with Crippen LogP contribution in [0.3, 0.4) is 0 Å². The van der Waals surface area contributed by atoms with E-state index in [4.69, 9.17) is 25.8 Å². The van der Waals surface area contributed by atoms with E-state index in [1.165, 1.54) is 6.21 Å². The van der Waals surface area contributed by atoms with Gasteiger partial charge in [-0.1, -0.05) is 48.0 Å². The molecular weight excluding hydrogens is 484 g/mol. The van der Waals surface area contributed by atoms with Gasteiger partial charge in [-0.15, -0.1) is 0 Å². The SMILES string of the molecule is COc1cc(/C=N/NC(=O)COc2ccccc2)cc(Br)c1OCc1ccccc1Cl. The zero-order valence-corrected chi connectivity index (χ0v) is 19.0. The highest BCUT2D eigenvalue weighted by molar-refractivity contribution is 9.10. The highest BCUT2D eigenvalue weighted by atomic mass is 79.9. The number of carbonyl (C=O) groups is 1. The third-order valence-corrected chi connectivity index (χ3v) is 5.06. The molecule has 0 bridgehead atoms. The number of nitrogens with one attached hydrogen (secondary N) is 1. The Hall–Kier alpha value is -3.03. The molecule has 3 aromatic rings. The fourth-order valence-corrected chi connectivity index (χ4v) is 3.36. The van der Waals surface area contributed by atoms with Gasteiger partial charge in [0.15, 0.2) is 18.1 Å². The number of rotatable bonds is 9. The van der Waals surface area contributed by atoms with Crippen LogP contribution in [0.15, 0.2) is 76.3 Å². The number of methoxy groups -OCH3 is 1. The molecule has 0 radical (unpaired) electrons. The minimum Gasteiger partial charge on any atom is -0.493 e. The Kier molecular flexibility index (Phi) is 8.32. The van der Waals surface area contributed by atoms with Crippen LogP contribution in [0.4, 0.5) is 0 Å². The number of amides is 1. The second kappa shape index (κ2) is 11.4. The van der Waals surface area contributed by atoms with Crippen LogP contribution in [0.5, 0.6) is 17.2 Å². The molecule has 0 aliphatic heterocycles. The predicted molar refractivity (Wildman–Crippen MR) is 124 cm³/mol. The number of hydrogen-bond donors (Lipinski definition) is 1. The maximum absolute atomic E-state index is 11.9. The molecule has 1 amide bonds. The van der Waals surface area contributed by atoms with Crippen molar-refractivity contribution in [3.63, 3.8) is 0 Å². The van der Waals surface area contributed by atoms with Gasteiger partial charge in [0.05, 0.1) is 17.8 Å². The Balaban J connectivity index is 1.59. The van der Waals surface area contributed by atoms with Crippen LogP contribution in [0.1, 0.15) is 11.1 Å². The summed E-state index contributed by atoms with van der Waals surface area (Å²) in [4.78, 5) is 11.9. The lowest BCUT2D eigenvalue weighted by Gasteiger charge is -2.14. The first-order chi connectivity index (χ1) is 15.1. The van der Waals surface area contributed by atoms with Crippen LogP contribution < -0.4 is 19.6 Å². The maximum atomic E-state index is 11.9.